The Kier molecular flexibility index (Phi) is 4.75. The van der Waals surface area contributed by atoms with Gasteiger partial charge in [-0.25, -0.2) is 25.0 Å². The highest BCUT2D eigenvalue weighted by molar-refractivity contribution is 5.91. The first-order valence-corrected chi connectivity index (χ1v) is 7.64. The van der Waals surface area contributed by atoms with Crippen LogP contribution in [0.5, 0.6) is 0 Å². The van der Waals surface area contributed by atoms with Crippen molar-refractivity contribution in [1.82, 2.24) is 19.5 Å². The molecule has 130 valence electrons. The Morgan fingerprint density at radius 2 is 2.04 bits per heavy atom. The van der Waals surface area contributed by atoms with Gasteiger partial charge in [0.15, 0.2) is 11.5 Å². The number of fused-ring (bicyclic) bond motifs is 1. The van der Waals surface area contributed by atoms with Crippen molar-refractivity contribution in [2.45, 2.75) is 13.5 Å². The first-order chi connectivity index (χ1) is 12.1. The van der Waals surface area contributed by atoms with Crippen LogP contribution in [0.1, 0.15) is 23.1 Å². The van der Waals surface area contributed by atoms with Gasteiger partial charge in [-0.3, -0.25) is 9.40 Å². The third kappa shape index (κ3) is 3.36. The minimum atomic E-state index is -0.677. The first kappa shape index (κ1) is 16.7. The number of nitrogens with one attached hydrogen (secondary N) is 2. The number of nitrogens with zero attached hydrogens (tertiary/aromatic N) is 3. The van der Waals surface area contributed by atoms with Crippen molar-refractivity contribution >= 4 is 23.0 Å². The van der Waals surface area contributed by atoms with E-state index in [1.807, 2.05) is 30.3 Å². The number of imidazole rings is 1. The molecule has 2 heterocycles. The normalized spacial score (nSPS) is 10.8. The molecule has 0 atom stereocenters. The molecule has 0 saturated carbocycles. The Morgan fingerprint density at radius 1 is 1.28 bits per heavy atom. The van der Waals surface area contributed by atoms with Crippen LogP contribution in [0, 0.1) is 0 Å². The lowest BCUT2D eigenvalue weighted by molar-refractivity contribution is 0.0512. The Bertz CT molecular complexity index is 948. The van der Waals surface area contributed by atoms with E-state index in [9.17, 15) is 9.59 Å². The predicted octanol–water partition coefficient (Wildman–Crippen LogP) is 1.32. The number of rotatable bonds is 6. The number of carbonyl (C=O) groups excluding carboxylic acids is 1. The van der Waals surface area contributed by atoms with E-state index in [1.54, 1.807) is 6.92 Å². The topological polar surface area (TPSA) is 111 Å². The van der Waals surface area contributed by atoms with Crippen LogP contribution in [0.15, 0.2) is 35.1 Å². The number of hydrogen-bond acceptors (Lipinski definition) is 7. The van der Waals surface area contributed by atoms with Crippen LogP contribution in [0.25, 0.3) is 11.2 Å². The van der Waals surface area contributed by atoms with Crippen molar-refractivity contribution in [3.63, 3.8) is 0 Å². The molecule has 3 rings (SSSR count). The fraction of sp³-hybridized carbons (Fsp3) is 0.250. The Morgan fingerprint density at radius 3 is 2.72 bits per heavy atom. The summed E-state index contributed by atoms with van der Waals surface area (Å²) in [5.41, 5.74) is 3.73. The summed E-state index contributed by atoms with van der Waals surface area (Å²) in [5, 5.41) is 0. The van der Waals surface area contributed by atoms with E-state index in [0.717, 1.165) is 5.56 Å². The van der Waals surface area contributed by atoms with Crippen LogP contribution in [-0.2, 0) is 16.1 Å². The summed E-state index contributed by atoms with van der Waals surface area (Å²) in [7, 11) is 1.40. The maximum atomic E-state index is 12.4. The van der Waals surface area contributed by atoms with Crippen LogP contribution in [0.3, 0.4) is 0 Å². The SMILES string of the molecule is CCOC(=O)c1nc(NOC)c2[nH]c(=O)n(Cc3ccccc3)c2n1. The Labute approximate surface area is 142 Å². The van der Waals surface area contributed by atoms with E-state index in [1.165, 1.54) is 11.7 Å². The van der Waals surface area contributed by atoms with E-state index in [0.29, 0.717) is 12.1 Å². The molecule has 0 radical (unpaired) electrons. The van der Waals surface area contributed by atoms with Gasteiger partial charge < -0.3 is 9.72 Å². The molecule has 0 aliphatic rings. The van der Waals surface area contributed by atoms with Gasteiger partial charge in [0.1, 0.15) is 5.52 Å². The highest BCUT2D eigenvalue weighted by Gasteiger charge is 2.20. The molecule has 0 fully saturated rings. The third-order valence-corrected chi connectivity index (χ3v) is 3.46. The van der Waals surface area contributed by atoms with Crippen molar-refractivity contribution < 1.29 is 14.4 Å². The summed E-state index contributed by atoms with van der Waals surface area (Å²) in [5.74, 6) is -0.655. The molecule has 2 N–H and O–H groups in total. The van der Waals surface area contributed by atoms with Crippen LogP contribution in [0.4, 0.5) is 5.82 Å². The number of benzene rings is 1. The summed E-state index contributed by atoms with van der Waals surface area (Å²) in [6.07, 6.45) is 0. The van der Waals surface area contributed by atoms with E-state index >= 15 is 0 Å². The summed E-state index contributed by atoms with van der Waals surface area (Å²) in [4.78, 5) is 40.2. The lowest BCUT2D eigenvalue weighted by Crippen LogP contribution is -2.18. The van der Waals surface area contributed by atoms with Crippen molar-refractivity contribution in [1.29, 1.82) is 0 Å². The number of aromatic nitrogens is 4. The molecule has 9 nitrogen and oxygen atoms in total. The third-order valence-electron chi connectivity index (χ3n) is 3.46. The number of hydrogen-bond donors (Lipinski definition) is 2. The number of esters is 1. The van der Waals surface area contributed by atoms with E-state index < -0.39 is 5.97 Å². The van der Waals surface area contributed by atoms with Crippen LogP contribution in [0.2, 0.25) is 0 Å². The molecule has 0 unspecified atom stereocenters. The van der Waals surface area contributed by atoms with E-state index in [4.69, 9.17) is 9.57 Å². The fourth-order valence-corrected chi connectivity index (χ4v) is 2.40. The summed E-state index contributed by atoms with van der Waals surface area (Å²) >= 11 is 0. The van der Waals surface area contributed by atoms with Crippen molar-refractivity contribution in [2.24, 2.45) is 0 Å². The number of H-pyrrole nitrogens is 1. The lowest BCUT2D eigenvalue weighted by atomic mass is 10.2. The van der Waals surface area contributed by atoms with Crippen LogP contribution >= 0.6 is 0 Å². The van der Waals surface area contributed by atoms with Crippen molar-refractivity contribution in [2.75, 3.05) is 19.2 Å². The summed E-state index contributed by atoms with van der Waals surface area (Å²) in [6.45, 7) is 2.18. The Balaban J connectivity index is 2.15. The van der Waals surface area contributed by atoms with Gasteiger partial charge in [-0.1, -0.05) is 30.3 Å². The second-order valence-electron chi connectivity index (χ2n) is 5.12. The molecule has 0 amide bonds. The standard InChI is InChI=1S/C16H17N5O4/c1-3-25-15(22)13-18-12(20-24-2)11-14(19-13)21(16(23)17-11)9-10-7-5-4-6-8-10/h4-8H,3,9H2,1-2H3,(H,17,23)(H,18,19,20). The molecular formula is C16H17N5O4. The maximum absolute atomic E-state index is 12.4. The summed E-state index contributed by atoms with van der Waals surface area (Å²) < 4.78 is 6.37. The number of anilines is 1. The molecule has 25 heavy (non-hydrogen) atoms. The second-order valence-corrected chi connectivity index (χ2v) is 5.12. The largest absolute Gasteiger partial charge is 0.460 e. The molecule has 0 aliphatic carbocycles. The zero-order valence-corrected chi connectivity index (χ0v) is 13.8. The quantitative estimate of drug-likeness (QED) is 0.513. The molecule has 9 heteroatoms. The highest BCUT2D eigenvalue weighted by Crippen LogP contribution is 2.18. The smallest absolute Gasteiger partial charge is 0.376 e. The van der Waals surface area contributed by atoms with Crippen molar-refractivity contribution in [3.8, 4) is 0 Å². The van der Waals surface area contributed by atoms with Gasteiger partial charge in [-0.05, 0) is 12.5 Å². The molecule has 0 aliphatic heterocycles. The molecule has 2 aromatic heterocycles. The van der Waals surface area contributed by atoms with Gasteiger partial charge in [0.25, 0.3) is 0 Å². The van der Waals surface area contributed by atoms with Crippen LogP contribution in [-0.4, -0.2) is 39.2 Å². The molecule has 1 aromatic carbocycles. The molecule has 0 spiro atoms. The molecule has 3 aromatic rings. The lowest BCUT2D eigenvalue weighted by Gasteiger charge is -2.08. The molecule has 0 saturated heterocycles. The minimum absolute atomic E-state index is 0.158. The second kappa shape index (κ2) is 7.14. The van der Waals surface area contributed by atoms with Gasteiger partial charge in [-0.2, -0.15) is 0 Å². The zero-order chi connectivity index (χ0) is 17.8. The monoisotopic (exact) mass is 343 g/mol. The first-order valence-electron chi connectivity index (χ1n) is 7.64. The van der Waals surface area contributed by atoms with E-state index in [-0.39, 0.29) is 29.6 Å². The maximum Gasteiger partial charge on any atom is 0.376 e. The number of aromatic amines is 1. The zero-order valence-electron chi connectivity index (χ0n) is 13.8. The molecular weight excluding hydrogens is 326 g/mol. The van der Waals surface area contributed by atoms with Crippen molar-refractivity contribution in [3.05, 3.63) is 52.2 Å². The van der Waals surface area contributed by atoms with Gasteiger partial charge in [0, 0.05) is 0 Å². The summed E-state index contributed by atoms with van der Waals surface area (Å²) in [6, 6.07) is 9.45. The minimum Gasteiger partial charge on any atom is -0.460 e. The average molecular weight is 343 g/mol. The average Bonchev–Trinajstić information content (AvgIpc) is 2.92. The van der Waals surface area contributed by atoms with Gasteiger partial charge in [0.2, 0.25) is 5.82 Å². The Hall–Kier alpha value is -3.20. The van der Waals surface area contributed by atoms with Gasteiger partial charge in [-0.15, -0.1) is 0 Å². The van der Waals surface area contributed by atoms with E-state index in [2.05, 4.69) is 20.4 Å². The van der Waals surface area contributed by atoms with Crippen LogP contribution < -0.4 is 11.2 Å². The fourth-order valence-electron chi connectivity index (χ4n) is 2.40. The number of carbonyl (C=O) groups is 1. The number of ether oxygens (including phenoxy) is 1. The predicted molar refractivity (Wildman–Crippen MR) is 90.3 cm³/mol. The van der Waals surface area contributed by atoms with Gasteiger partial charge in [0.05, 0.1) is 20.3 Å². The van der Waals surface area contributed by atoms with Gasteiger partial charge >= 0.3 is 11.7 Å². The molecule has 0 bridgehead atoms. The highest BCUT2D eigenvalue weighted by atomic mass is 16.6.